The third kappa shape index (κ3) is 5.84. The van der Waals surface area contributed by atoms with Gasteiger partial charge in [0, 0.05) is 13.1 Å². The first-order chi connectivity index (χ1) is 15.2. The summed E-state index contributed by atoms with van der Waals surface area (Å²) < 4.78 is 12.1. The molecule has 184 valence electrons. The molecule has 0 bridgehead atoms. The predicted molar refractivity (Wildman–Crippen MR) is 132 cm³/mol. The second-order valence-electron chi connectivity index (χ2n) is 10.3. The summed E-state index contributed by atoms with van der Waals surface area (Å²) in [6.45, 7) is 19.4. The minimum absolute atomic E-state index is 0.0165. The van der Waals surface area contributed by atoms with Crippen molar-refractivity contribution in [3.05, 3.63) is 29.8 Å². The number of benzene rings is 1. The summed E-state index contributed by atoms with van der Waals surface area (Å²) >= 11 is 0. The summed E-state index contributed by atoms with van der Waals surface area (Å²) in [6.07, 6.45) is -0.309. The molecule has 4 atom stereocenters. The van der Waals surface area contributed by atoms with Gasteiger partial charge in [-0.3, -0.25) is 14.4 Å². The minimum atomic E-state index is -2.07. The first kappa shape index (κ1) is 27.1. The van der Waals surface area contributed by atoms with Gasteiger partial charge in [-0.2, -0.15) is 0 Å². The Bertz CT molecular complexity index is 876. The van der Waals surface area contributed by atoms with E-state index in [4.69, 9.17) is 9.16 Å². The van der Waals surface area contributed by atoms with Crippen molar-refractivity contribution < 1.29 is 23.5 Å². The van der Waals surface area contributed by atoms with Crippen LogP contribution in [0.1, 0.15) is 58.8 Å². The fourth-order valence-electron chi connectivity index (χ4n) is 3.83. The largest absolute Gasteiger partial charge is 0.425 e. The molecule has 1 fully saturated rings. The van der Waals surface area contributed by atoms with E-state index in [0.29, 0.717) is 18.7 Å². The quantitative estimate of drug-likeness (QED) is 0.249. The first-order valence-corrected chi connectivity index (χ1v) is 14.7. The summed E-state index contributed by atoms with van der Waals surface area (Å²) in [5.41, 5.74) is 0.352. The molecule has 7 nitrogen and oxygen atoms in total. The molecule has 1 aliphatic rings. The van der Waals surface area contributed by atoms with Crippen molar-refractivity contribution >= 4 is 26.1 Å². The highest BCUT2D eigenvalue weighted by atomic mass is 28.4. The Labute approximate surface area is 199 Å². The van der Waals surface area contributed by atoms with E-state index in [1.807, 2.05) is 20.8 Å². The van der Waals surface area contributed by atoms with Gasteiger partial charge in [0.05, 0.1) is 29.5 Å². The Kier molecular flexibility index (Phi) is 8.51. The van der Waals surface area contributed by atoms with Crippen LogP contribution in [0.5, 0.6) is 5.75 Å². The Morgan fingerprint density at radius 1 is 1.12 bits per heavy atom. The van der Waals surface area contributed by atoms with Gasteiger partial charge in [-0.1, -0.05) is 32.9 Å². The van der Waals surface area contributed by atoms with Crippen molar-refractivity contribution in [3.8, 4) is 5.75 Å². The molecule has 0 unspecified atom stereocenters. The Hall–Kier alpha value is -2.19. The number of hydrogen-bond donors (Lipinski definition) is 1. The molecular formula is C25H40N2O5Si. The van der Waals surface area contributed by atoms with E-state index in [1.54, 1.807) is 36.1 Å². The molecule has 2 amide bonds. The normalized spacial score (nSPS) is 20.3. The van der Waals surface area contributed by atoms with Crippen LogP contribution in [-0.2, 0) is 14.0 Å². The van der Waals surface area contributed by atoms with Gasteiger partial charge in [-0.25, -0.2) is 0 Å². The molecule has 1 aromatic rings. The second kappa shape index (κ2) is 10.4. The number of para-hydroxylation sites is 1. The number of nitrogens with one attached hydrogen (secondary N) is 1. The van der Waals surface area contributed by atoms with Crippen molar-refractivity contribution in [2.24, 2.45) is 11.8 Å². The summed E-state index contributed by atoms with van der Waals surface area (Å²) in [5.74, 6) is -1.54. The lowest BCUT2D eigenvalue weighted by atomic mass is 9.79. The maximum Gasteiger partial charge on any atom is 0.316 e. The molecule has 0 aromatic heterocycles. The number of hydrogen-bond acceptors (Lipinski definition) is 5. The zero-order chi connectivity index (χ0) is 25.1. The van der Waals surface area contributed by atoms with E-state index >= 15 is 0 Å². The molecule has 1 heterocycles. The van der Waals surface area contributed by atoms with Gasteiger partial charge in [0.25, 0.3) is 5.91 Å². The predicted octanol–water partition coefficient (Wildman–Crippen LogP) is 4.24. The standard InChI is InChI=1S/C25H40N2O5Si/c1-10-27(11-2)23(29)18-14-12-13-15-19(18)31-24(30)16(3)21-20(22(28)26-21)17(4)32-33(8,9)25(5,6)7/h12-17,20-21H,10-11H2,1-9H3,(H,26,28)/t16-,17-,20-,21+/m1/s1. The number of nitrogens with zero attached hydrogens (tertiary/aromatic N) is 1. The van der Waals surface area contributed by atoms with E-state index in [0.717, 1.165) is 0 Å². The van der Waals surface area contributed by atoms with Crippen LogP contribution < -0.4 is 10.1 Å². The van der Waals surface area contributed by atoms with Crippen molar-refractivity contribution in [1.82, 2.24) is 10.2 Å². The second-order valence-corrected chi connectivity index (χ2v) is 15.1. The van der Waals surface area contributed by atoms with Crippen LogP contribution in [0.2, 0.25) is 18.1 Å². The van der Waals surface area contributed by atoms with E-state index in [2.05, 4.69) is 39.2 Å². The first-order valence-electron chi connectivity index (χ1n) is 11.8. The van der Waals surface area contributed by atoms with Gasteiger partial charge in [-0.15, -0.1) is 0 Å². The van der Waals surface area contributed by atoms with Crippen LogP contribution in [0.25, 0.3) is 0 Å². The van der Waals surface area contributed by atoms with E-state index in [1.165, 1.54) is 0 Å². The highest BCUT2D eigenvalue weighted by Gasteiger charge is 2.50. The molecule has 0 aliphatic carbocycles. The summed E-state index contributed by atoms with van der Waals surface area (Å²) in [4.78, 5) is 40.0. The summed E-state index contributed by atoms with van der Waals surface area (Å²) in [7, 11) is -2.07. The summed E-state index contributed by atoms with van der Waals surface area (Å²) in [5, 5.41) is 2.88. The monoisotopic (exact) mass is 476 g/mol. The number of β-lactam (4-membered cyclic amide) rings is 1. The zero-order valence-corrected chi connectivity index (χ0v) is 22.5. The van der Waals surface area contributed by atoms with Gasteiger partial charge < -0.3 is 19.4 Å². The van der Waals surface area contributed by atoms with Crippen LogP contribution in [0.4, 0.5) is 0 Å². The Morgan fingerprint density at radius 3 is 2.21 bits per heavy atom. The lowest BCUT2D eigenvalue weighted by Crippen LogP contribution is -2.67. The van der Waals surface area contributed by atoms with Gasteiger partial charge in [0.2, 0.25) is 5.91 Å². The molecule has 1 N–H and O–H groups in total. The fourth-order valence-corrected chi connectivity index (χ4v) is 5.26. The van der Waals surface area contributed by atoms with Crippen LogP contribution >= 0.6 is 0 Å². The van der Waals surface area contributed by atoms with Crippen LogP contribution in [0.3, 0.4) is 0 Å². The lowest BCUT2D eigenvalue weighted by molar-refractivity contribution is -0.149. The third-order valence-electron chi connectivity index (χ3n) is 7.08. The van der Waals surface area contributed by atoms with Gasteiger partial charge in [-0.05, 0) is 58.0 Å². The lowest BCUT2D eigenvalue weighted by Gasteiger charge is -2.46. The average molecular weight is 477 g/mol. The molecule has 33 heavy (non-hydrogen) atoms. The topological polar surface area (TPSA) is 84.9 Å². The van der Waals surface area contributed by atoms with Crippen molar-refractivity contribution in [3.63, 3.8) is 0 Å². The van der Waals surface area contributed by atoms with Crippen molar-refractivity contribution in [1.29, 1.82) is 0 Å². The summed E-state index contributed by atoms with van der Waals surface area (Å²) in [6, 6.07) is 6.39. The minimum Gasteiger partial charge on any atom is -0.425 e. The van der Waals surface area contributed by atoms with E-state index in [9.17, 15) is 14.4 Å². The molecule has 0 spiro atoms. The number of amides is 2. The number of carbonyl (C=O) groups is 3. The Morgan fingerprint density at radius 2 is 1.70 bits per heavy atom. The smallest absolute Gasteiger partial charge is 0.316 e. The van der Waals surface area contributed by atoms with Crippen LogP contribution in [0.15, 0.2) is 24.3 Å². The number of carbonyl (C=O) groups excluding carboxylic acids is 3. The molecule has 0 radical (unpaired) electrons. The van der Waals surface area contributed by atoms with Gasteiger partial charge in [0.1, 0.15) is 5.75 Å². The average Bonchev–Trinajstić information content (AvgIpc) is 2.71. The number of esters is 1. The molecule has 8 heteroatoms. The highest BCUT2D eigenvalue weighted by Crippen LogP contribution is 2.39. The third-order valence-corrected chi connectivity index (χ3v) is 11.7. The van der Waals surface area contributed by atoms with Gasteiger partial charge >= 0.3 is 5.97 Å². The highest BCUT2D eigenvalue weighted by molar-refractivity contribution is 6.74. The number of rotatable bonds is 9. The fraction of sp³-hybridized carbons (Fsp3) is 0.640. The molecule has 2 rings (SSSR count). The maximum absolute atomic E-state index is 13.0. The zero-order valence-electron chi connectivity index (χ0n) is 21.5. The van der Waals surface area contributed by atoms with Crippen molar-refractivity contribution in [2.45, 2.75) is 78.7 Å². The molecule has 1 aromatic carbocycles. The Balaban J connectivity index is 2.15. The van der Waals surface area contributed by atoms with E-state index < -0.39 is 26.1 Å². The number of ether oxygens (including phenoxy) is 1. The van der Waals surface area contributed by atoms with E-state index in [-0.39, 0.29) is 34.7 Å². The molecular weight excluding hydrogens is 436 g/mol. The molecule has 0 saturated carbocycles. The molecule has 1 saturated heterocycles. The van der Waals surface area contributed by atoms with Crippen LogP contribution in [0, 0.1) is 11.8 Å². The van der Waals surface area contributed by atoms with Gasteiger partial charge in [0.15, 0.2) is 8.32 Å². The molecule has 1 aliphatic heterocycles. The van der Waals surface area contributed by atoms with Crippen LogP contribution in [-0.4, -0.2) is 56.2 Å². The maximum atomic E-state index is 13.0. The van der Waals surface area contributed by atoms with Crippen molar-refractivity contribution in [2.75, 3.05) is 13.1 Å². The SMILES string of the molecule is CCN(CC)C(=O)c1ccccc1OC(=O)[C@H](C)[C@@H]1NC(=O)[C@@H]1[C@@H](C)O[Si](C)(C)C(C)(C)C.